The van der Waals surface area contributed by atoms with E-state index in [0.717, 1.165) is 9.75 Å². The van der Waals surface area contributed by atoms with Crippen molar-refractivity contribution in [3.05, 3.63) is 21.4 Å². The highest BCUT2D eigenvalue weighted by Crippen LogP contribution is 2.20. The molecule has 0 aliphatic rings. The predicted molar refractivity (Wildman–Crippen MR) is 72.1 cm³/mol. The highest BCUT2D eigenvalue weighted by molar-refractivity contribution is 7.12. The average molecular weight is 269 g/mol. The van der Waals surface area contributed by atoms with Crippen molar-refractivity contribution in [1.82, 2.24) is 5.32 Å². The average Bonchev–Trinajstić information content (AvgIpc) is 2.56. The summed E-state index contributed by atoms with van der Waals surface area (Å²) in [5.41, 5.74) is 0.644. The lowest BCUT2D eigenvalue weighted by Crippen LogP contribution is -2.35. The Balaban J connectivity index is 2.66. The van der Waals surface area contributed by atoms with Gasteiger partial charge in [-0.15, -0.1) is 11.3 Å². The number of rotatable bonds is 5. The van der Waals surface area contributed by atoms with Gasteiger partial charge >= 0.3 is 5.97 Å². The molecule has 0 saturated carbocycles. The molecular weight excluding hydrogens is 250 g/mol. The molecule has 1 rings (SSSR count). The Kier molecular flexibility index (Phi) is 4.90. The van der Waals surface area contributed by atoms with Crippen LogP contribution in [-0.4, -0.2) is 23.5 Å². The normalized spacial score (nSPS) is 12.5. The van der Waals surface area contributed by atoms with Crippen LogP contribution in [0.25, 0.3) is 0 Å². The molecule has 18 heavy (non-hydrogen) atoms. The second kappa shape index (κ2) is 6.00. The van der Waals surface area contributed by atoms with Gasteiger partial charge in [0, 0.05) is 16.3 Å². The highest BCUT2D eigenvalue weighted by Gasteiger charge is 2.22. The van der Waals surface area contributed by atoms with Crippen molar-refractivity contribution in [3.63, 3.8) is 0 Å². The van der Waals surface area contributed by atoms with E-state index in [4.69, 9.17) is 5.11 Å². The van der Waals surface area contributed by atoms with Crippen LogP contribution in [0.5, 0.6) is 0 Å². The van der Waals surface area contributed by atoms with Crippen LogP contribution >= 0.6 is 11.3 Å². The minimum Gasteiger partial charge on any atom is -0.481 e. The molecule has 0 aliphatic carbocycles. The molecule has 0 spiro atoms. The van der Waals surface area contributed by atoms with Crippen LogP contribution < -0.4 is 5.32 Å². The number of hydrogen-bond donors (Lipinski definition) is 2. The fraction of sp³-hybridized carbons (Fsp3) is 0.538. The predicted octanol–water partition coefficient (Wildman–Crippen LogP) is 2.45. The zero-order chi connectivity index (χ0) is 13.9. The molecule has 1 atom stereocenters. The third-order valence-corrected chi connectivity index (χ3v) is 3.86. The van der Waals surface area contributed by atoms with Gasteiger partial charge < -0.3 is 10.4 Å². The van der Waals surface area contributed by atoms with Gasteiger partial charge in [-0.3, -0.25) is 9.59 Å². The van der Waals surface area contributed by atoms with Crippen LogP contribution in [0.2, 0.25) is 0 Å². The quantitative estimate of drug-likeness (QED) is 0.863. The second-order valence-electron chi connectivity index (χ2n) is 4.73. The van der Waals surface area contributed by atoms with Crippen LogP contribution in [0.15, 0.2) is 6.07 Å². The minimum absolute atomic E-state index is 0.00638. The van der Waals surface area contributed by atoms with E-state index in [0.29, 0.717) is 5.56 Å². The summed E-state index contributed by atoms with van der Waals surface area (Å²) in [4.78, 5) is 25.0. The van der Waals surface area contributed by atoms with Crippen LogP contribution in [0.4, 0.5) is 0 Å². The highest BCUT2D eigenvalue weighted by atomic mass is 32.1. The van der Waals surface area contributed by atoms with Gasteiger partial charge in [-0.1, -0.05) is 13.8 Å². The Hall–Kier alpha value is -1.36. The molecular formula is C13H19NO3S. The molecule has 0 saturated heterocycles. The topological polar surface area (TPSA) is 66.4 Å². The van der Waals surface area contributed by atoms with Crippen molar-refractivity contribution in [1.29, 1.82) is 0 Å². The van der Waals surface area contributed by atoms with E-state index in [1.54, 1.807) is 11.3 Å². The first-order chi connectivity index (χ1) is 8.32. The Bertz CT molecular complexity index is 451. The first-order valence-corrected chi connectivity index (χ1v) is 6.72. The molecule has 1 amide bonds. The fourth-order valence-electron chi connectivity index (χ4n) is 1.76. The van der Waals surface area contributed by atoms with E-state index in [9.17, 15) is 9.59 Å². The van der Waals surface area contributed by atoms with E-state index < -0.39 is 11.9 Å². The van der Waals surface area contributed by atoms with Gasteiger partial charge in [0.1, 0.15) is 0 Å². The molecule has 1 unspecified atom stereocenters. The molecule has 100 valence electrons. The van der Waals surface area contributed by atoms with Crippen molar-refractivity contribution in [2.24, 2.45) is 11.8 Å². The number of nitrogens with one attached hydrogen (secondary N) is 1. The van der Waals surface area contributed by atoms with E-state index in [1.807, 2.05) is 33.8 Å². The third kappa shape index (κ3) is 3.57. The lowest BCUT2D eigenvalue weighted by Gasteiger charge is -2.16. The van der Waals surface area contributed by atoms with Crippen LogP contribution in [-0.2, 0) is 4.79 Å². The maximum absolute atomic E-state index is 11.9. The summed E-state index contributed by atoms with van der Waals surface area (Å²) in [6.07, 6.45) is 0. The summed E-state index contributed by atoms with van der Waals surface area (Å²) < 4.78 is 0. The molecule has 0 aliphatic heterocycles. The third-order valence-electron chi connectivity index (χ3n) is 2.89. The Morgan fingerprint density at radius 1 is 1.39 bits per heavy atom. The Labute approximate surface area is 111 Å². The van der Waals surface area contributed by atoms with Gasteiger partial charge in [-0.25, -0.2) is 0 Å². The fourth-order valence-corrected chi connectivity index (χ4v) is 2.68. The smallest absolute Gasteiger partial charge is 0.308 e. The summed E-state index contributed by atoms with van der Waals surface area (Å²) >= 11 is 1.57. The maximum Gasteiger partial charge on any atom is 0.308 e. The van der Waals surface area contributed by atoms with Crippen molar-refractivity contribution in [2.75, 3.05) is 6.54 Å². The standard InChI is InChI=1S/C13H19NO3S/c1-7(2)11(13(16)17)6-14-12(15)10-5-8(3)18-9(10)4/h5,7,11H,6H2,1-4H3,(H,14,15)(H,16,17). The van der Waals surface area contributed by atoms with Gasteiger partial charge in [0.05, 0.1) is 11.5 Å². The van der Waals surface area contributed by atoms with Crippen molar-refractivity contribution in [3.8, 4) is 0 Å². The number of thiophene rings is 1. The van der Waals surface area contributed by atoms with Gasteiger partial charge in [-0.05, 0) is 25.8 Å². The zero-order valence-corrected chi connectivity index (χ0v) is 11.9. The SMILES string of the molecule is Cc1cc(C(=O)NCC(C(=O)O)C(C)C)c(C)s1. The number of hydrogen-bond acceptors (Lipinski definition) is 3. The van der Waals surface area contributed by atoms with Crippen molar-refractivity contribution in [2.45, 2.75) is 27.7 Å². The van der Waals surface area contributed by atoms with Gasteiger partial charge in [0.15, 0.2) is 0 Å². The molecule has 0 fully saturated rings. The number of carbonyl (C=O) groups excluding carboxylic acids is 1. The van der Waals surface area contributed by atoms with Crippen LogP contribution in [0.3, 0.4) is 0 Å². The summed E-state index contributed by atoms with van der Waals surface area (Å²) in [5, 5.41) is 11.7. The minimum atomic E-state index is -0.872. The van der Waals surface area contributed by atoms with Gasteiger partial charge in [0.25, 0.3) is 5.91 Å². The Morgan fingerprint density at radius 2 is 2.00 bits per heavy atom. The molecule has 0 aromatic carbocycles. The largest absolute Gasteiger partial charge is 0.481 e. The summed E-state index contributed by atoms with van der Waals surface area (Å²) in [6, 6.07) is 1.83. The molecule has 0 radical (unpaired) electrons. The van der Waals surface area contributed by atoms with Gasteiger partial charge in [-0.2, -0.15) is 0 Å². The molecule has 1 aromatic heterocycles. The number of aryl methyl sites for hydroxylation is 2. The lowest BCUT2D eigenvalue weighted by atomic mass is 9.96. The maximum atomic E-state index is 11.9. The number of amides is 1. The van der Waals surface area contributed by atoms with Crippen LogP contribution in [0, 0.1) is 25.7 Å². The zero-order valence-electron chi connectivity index (χ0n) is 11.1. The van der Waals surface area contributed by atoms with E-state index in [-0.39, 0.29) is 18.4 Å². The Morgan fingerprint density at radius 3 is 2.39 bits per heavy atom. The number of carboxylic acids is 1. The monoisotopic (exact) mass is 269 g/mol. The summed E-state index contributed by atoms with van der Waals surface area (Å²) in [7, 11) is 0. The second-order valence-corrected chi connectivity index (χ2v) is 6.19. The summed E-state index contributed by atoms with van der Waals surface area (Å²) in [5.74, 6) is -1.62. The first kappa shape index (κ1) is 14.7. The molecule has 1 aromatic rings. The molecule has 1 heterocycles. The van der Waals surface area contributed by atoms with E-state index in [1.165, 1.54) is 0 Å². The van der Waals surface area contributed by atoms with Crippen LogP contribution in [0.1, 0.15) is 34.0 Å². The van der Waals surface area contributed by atoms with Crippen molar-refractivity contribution < 1.29 is 14.7 Å². The van der Waals surface area contributed by atoms with Gasteiger partial charge in [0.2, 0.25) is 0 Å². The molecule has 0 bridgehead atoms. The number of carboxylic acid groups (broad SMARTS) is 1. The van der Waals surface area contributed by atoms with E-state index in [2.05, 4.69) is 5.32 Å². The van der Waals surface area contributed by atoms with Crippen molar-refractivity contribution >= 4 is 23.2 Å². The lowest BCUT2D eigenvalue weighted by molar-refractivity contribution is -0.142. The molecule has 5 heteroatoms. The molecule has 2 N–H and O–H groups in total. The summed E-state index contributed by atoms with van der Waals surface area (Å²) in [6.45, 7) is 7.68. The van der Waals surface area contributed by atoms with E-state index >= 15 is 0 Å². The number of aliphatic carboxylic acids is 1. The molecule has 4 nitrogen and oxygen atoms in total. The number of carbonyl (C=O) groups is 2. The first-order valence-electron chi connectivity index (χ1n) is 5.91.